The zero-order valence-corrected chi connectivity index (χ0v) is 15.4. The highest BCUT2D eigenvalue weighted by Crippen LogP contribution is 2.35. The van der Waals surface area contributed by atoms with Gasteiger partial charge in [-0.05, 0) is 44.0 Å². The highest BCUT2D eigenvalue weighted by atomic mass is 32.2. The molecule has 4 heteroatoms. The Hall–Kier alpha value is -2.33. The molecule has 1 aliphatic heterocycles. The molecule has 0 N–H and O–H groups in total. The second-order valence-electron chi connectivity index (χ2n) is 6.29. The fourth-order valence-corrected chi connectivity index (χ4v) is 4.69. The van der Waals surface area contributed by atoms with Crippen molar-refractivity contribution in [3.05, 3.63) is 83.6 Å². The van der Waals surface area contributed by atoms with Gasteiger partial charge in [0.05, 0.1) is 4.90 Å². The number of hydrogen-bond donors (Lipinski definition) is 0. The first-order chi connectivity index (χ1) is 12.0. The maximum Gasteiger partial charge on any atom is 0.264 e. The second kappa shape index (κ2) is 7.28. The van der Waals surface area contributed by atoms with Gasteiger partial charge in [-0.1, -0.05) is 60.2 Å². The molecule has 1 unspecified atom stereocenters. The predicted octanol–water partition coefficient (Wildman–Crippen LogP) is 4.62. The summed E-state index contributed by atoms with van der Waals surface area (Å²) >= 11 is 0. The molecule has 0 saturated carbocycles. The summed E-state index contributed by atoms with van der Waals surface area (Å²) in [5, 5.41) is 0. The Kier molecular flexibility index (Phi) is 5.09. The van der Waals surface area contributed by atoms with Crippen LogP contribution in [0.15, 0.2) is 77.3 Å². The van der Waals surface area contributed by atoms with Gasteiger partial charge in [-0.3, -0.25) is 4.31 Å². The van der Waals surface area contributed by atoms with E-state index in [1.807, 2.05) is 68.5 Å². The lowest BCUT2D eigenvalue weighted by Gasteiger charge is -2.22. The van der Waals surface area contributed by atoms with Crippen molar-refractivity contribution in [1.82, 2.24) is 4.31 Å². The van der Waals surface area contributed by atoms with Crippen LogP contribution in [0.1, 0.15) is 24.5 Å². The number of nitrogens with zero attached hydrogens (tertiary/aromatic N) is 1. The second-order valence-corrected chi connectivity index (χ2v) is 8.15. The first kappa shape index (κ1) is 17.5. The molecule has 0 aliphatic carbocycles. The zero-order valence-electron chi connectivity index (χ0n) is 14.6. The van der Waals surface area contributed by atoms with Crippen LogP contribution in [-0.2, 0) is 10.0 Å². The summed E-state index contributed by atoms with van der Waals surface area (Å²) in [7, 11) is -3.54. The van der Waals surface area contributed by atoms with E-state index in [2.05, 4.69) is 6.08 Å². The van der Waals surface area contributed by atoms with Crippen LogP contribution in [0.5, 0.6) is 0 Å². The quantitative estimate of drug-likeness (QED) is 0.752. The average molecular weight is 353 g/mol. The molecule has 2 aromatic carbocycles. The van der Waals surface area contributed by atoms with E-state index in [9.17, 15) is 8.42 Å². The molecule has 25 heavy (non-hydrogen) atoms. The van der Waals surface area contributed by atoms with E-state index in [4.69, 9.17) is 0 Å². The van der Waals surface area contributed by atoms with Crippen LogP contribution >= 0.6 is 0 Å². The lowest BCUT2D eigenvalue weighted by Crippen LogP contribution is -2.27. The first-order valence-electron chi connectivity index (χ1n) is 8.51. The lowest BCUT2D eigenvalue weighted by atomic mass is 10.0. The van der Waals surface area contributed by atoms with Gasteiger partial charge >= 0.3 is 0 Å². The fraction of sp³-hybridized carbons (Fsp3) is 0.238. The van der Waals surface area contributed by atoms with Crippen LogP contribution in [0.4, 0.5) is 0 Å². The van der Waals surface area contributed by atoms with Gasteiger partial charge in [-0.25, -0.2) is 8.42 Å². The Morgan fingerprint density at radius 1 is 1.04 bits per heavy atom. The van der Waals surface area contributed by atoms with Crippen LogP contribution in [0.3, 0.4) is 0 Å². The molecule has 2 aromatic rings. The third-order valence-corrected chi connectivity index (χ3v) is 6.30. The van der Waals surface area contributed by atoms with Crippen LogP contribution in [0.2, 0.25) is 0 Å². The highest BCUT2D eigenvalue weighted by molar-refractivity contribution is 7.89. The van der Waals surface area contributed by atoms with E-state index in [-0.39, 0.29) is 5.92 Å². The lowest BCUT2D eigenvalue weighted by molar-refractivity contribution is 0.511. The maximum absolute atomic E-state index is 13.2. The van der Waals surface area contributed by atoms with Gasteiger partial charge in [-0.2, -0.15) is 0 Å². The largest absolute Gasteiger partial charge is 0.270 e. The molecule has 0 radical (unpaired) electrons. The molecule has 1 atom stereocenters. The first-order valence-corrected chi connectivity index (χ1v) is 9.95. The van der Waals surface area contributed by atoms with Crippen LogP contribution in [0.25, 0.3) is 6.08 Å². The van der Waals surface area contributed by atoms with Crippen molar-refractivity contribution in [3.63, 3.8) is 0 Å². The normalized spacial score (nSPS) is 19.8. The van der Waals surface area contributed by atoms with Gasteiger partial charge in [0.15, 0.2) is 0 Å². The molecule has 0 spiro atoms. The monoisotopic (exact) mass is 353 g/mol. The number of hydrogen-bond acceptors (Lipinski definition) is 2. The summed E-state index contributed by atoms with van der Waals surface area (Å²) in [6, 6.07) is 16.9. The molecular weight excluding hydrogens is 330 g/mol. The van der Waals surface area contributed by atoms with Crippen LogP contribution in [-0.4, -0.2) is 19.3 Å². The highest BCUT2D eigenvalue weighted by Gasteiger charge is 2.35. The Labute approximate surface area is 150 Å². The van der Waals surface area contributed by atoms with Gasteiger partial charge in [0.25, 0.3) is 10.0 Å². The molecule has 1 saturated heterocycles. The number of benzene rings is 2. The number of rotatable bonds is 4. The summed E-state index contributed by atoms with van der Waals surface area (Å²) in [5.74, 6) is 0.116. The zero-order chi connectivity index (χ0) is 17.9. The molecule has 3 rings (SSSR count). The van der Waals surface area contributed by atoms with Crippen molar-refractivity contribution in [1.29, 1.82) is 0 Å². The molecule has 1 fully saturated rings. The van der Waals surface area contributed by atoms with E-state index in [1.165, 1.54) is 0 Å². The van der Waals surface area contributed by atoms with Crippen LogP contribution < -0.4 is 0 Å². The molecule has 0 amide bonds. The number of allylic oxidation sites excluding steroid dienone is 2. The predicted molar refractivity (Wildman–Crippen MR) is 102 cm³/mol. The molecule has 0 aromatic heterocycles. The summed E-state index contributed by atoms with van der Waals surface area (Å²) in [5.41, 5.74) is 2.90. The minimum Gasteiger partial charge on any atom is -0.270 e. The molecular formula is C21H23NO2S. The van der Waals surface area contributed by atoms with Gasteiger partial charge < -0.3 is 0 Å². The smallest absolute Gasteiger partial charge is 0.264 e. The summed E-state index contributed by atoms with van der Waals surface area (Å²) in [4.78, 5) is 0.346. The topological polar surface area (TPSA) is 37.4 Å². The molecule has 130 valence electrons. The molecule has 1 aliphatic rings. The average Bonchev–Trinajstić information content (AvgIpc) is 3.00. The SMILES string of the molecule is C/C=C\C1CCN(S(=O)(=O)c2ccc(C)cc2)/C1=C/c1ccccc1. The third kappa shape index (κ3) is 3.69. The van der Waals surface area contributed by atoms with Crippen molar-refractivity contribution in [2.45, 2.75) is 25.2 Å². The third-order valence-electron chi connectivity index (χ3n) is 4.46. The minimum atomic E-state index is -3.54. The van der Waals surface area contributed by atoms with E-state index >= 15 is 0 Å². The summed E-state index contributed by atoms with van der Waals surface area (Å²) in [6.45, 7) is 4.43. The molecule has 1 heterocycles. The van der Waals surface area contributed by atoms with Crippen molar-refractivity contribution in [3.8, 4) is 0 Å². The van der Waals surface area contributed by atoms with E-state index in [1.54, 1.807) is 16.4 Å². The van der Waals surface area contributed by atoms with Gasteiger partial charge in [0, 0.05) is 18.2 Å². The standard InChI is InChI=1S/C21H23NO2S/c1-3-7-19-14-15-22(21(19)16-18-8-5-4-6-9-18)25(23,24)20-12-10-17(2)11-13-20/h3-13,16,19H,14-15H2,1-2H3/b7-3-,21-16+. The fourth-order valence-electron chi connectivity index (χ4n) is 3.14. The Bertz CT molecular complexity index is 881. The van der Waals surface area contributed by atoms with Crippen molar-refractivity contribution in [2.24, 2.45) is 5.92 Å². The molecule has 3 nitrogen and oxygen atoms in total. The number of sulfonamides is 1. The van der Waals surface area contributed by atoms with Crippen LogP contribution in [0, 0.1) is 12.8 Å². The summed E-state index contributed by atoms with van der Waals surface area (Å²) in [6.07, 6.45) is 6.86. The van der Waals surface area contributed by atoms with Gasteiger partial charge in [0.1, 0.15) is 0 Å². The van der Waals surface area contributed by atoms with E-state index in [0.717, 1.165) is 23.2 Å². The minimum absolute atomic E-state index is 0.116. The Balaban J connectivity index is 2.04. The summed E-state index contributed by atoms with van der Waals surface area (Å²) < 4.78 is 27.9. The molecule has 0 bridgehead atoms. The Morgan fingerprint density at radius 2 is 1.72 bits per heavy atom. The van der Waals surface area contributed by atoms with Gasteiger partial charge in [-0.15, -0.1) is 0 Å². The van der Waals surface area contributed by atoms with Crippen molar-refractivity contribution < 1.29 is 8.42 Å². The maximum atomic E-state index is 13.2. The number of aryl methyl sites for hydroxylation is 1. The Morgan fingerprint density at radius 3 is 2.36 bits per heavy atom. The van der Waals surface area contributed by atoms with Gasteiger partial charge in [0.2, 0.25) is 0 Å². The van der Waals surface area contributed by atoms with Crippen molar-refractivity contribution >= 4 is 16.1 Å². The van der Waals surface area contributed by atoms with E-state index in [0.29, 0.717) is 11.4 Å². The van der Waals surface area contributed by atoms with Crippen molar-refractivity contribution in [2.75, 3.05) is 6.54 Å². The van der Waals surface area contributed by atoms with E-state index < -0.39 is 10.0 Å².